The molecule has 1 saturated carbocycles. The highest BCUT2D eigenvalue weighted by atomic mass is 16.5. The van der Waals surface area contributed by atoms with E-state index in [1.165, 1.54) is 44.1 Å². The number of nitrogens with one attached hydrogen (secondary N) is 1. The molecule has 1 aromatic carbocycles. The van der Waals surface area contributed by atoms with Crippen molar-refractivity contribution in [1.82, 2.24) is 0 Å². The second-order valence-corrected chi connectivity index (χ2v) is 10.1. The molecule has 3 aliphatic rings. The molecule has 0 aromatic heterocycles. The number of carbonyl (C=O) groups excluding carboxylic acids is 1. The summed E-state index contributed by atoms with van der Waals surface area (Å²) in [5, 5.41) is 20.4. The maximum absolute atomic E-state index is 12.4. The molecule has 0 spiro atoms. The Morgan fingerprint density at radius 2 is 2.06 bits per heavy atom. The lowest BCUT2D eigenvalue weighted by Crippen LogP contribution is -3.07. The standard InChI is InChI=1S/C28H38N2O4/c31-24(9-5-4-8-21-6-2-1-3-7-21)17-25(32)12-10-22-11-13-27(33)28(16-22)34-20-30-18-23-14-15-29-26(23)19-30/h11,13-16,19,21,24,31,33H,1-10,12,17-18,20H2/p+1/t24-/m1/s1. The smallest absolute Gasteiger partial charge is 0.227 e. The number of phenols is 1. The van der Waals surface area contributed by atoms with Gasteiger partial charge in [-0.25, -0.2) is 0 Å². The SMILES string of the molecule is O=C(CCc1ccc(O)c(OC[NH+]2C=C3N=CC=C3C2)c1)C[C@H](O)CCCCC1CCCCC1. The molecule has 0 saturated heterocycles. The van der Waals surface area contributed by atoms with Crippen molar-refractivity contribution in [3.63, 3.8) is 0 Å². The van der Waals surface area contributed by atoms with E-state index in [1.54, 1.807) is 6.07 Å². The zero-order valence-corrected chi connectivity index (χ0v) is 20.2. The van der Waals surface area contributed by atoms with E-state index >= 15 is 0 Å². The van der Waals surface area contributed by atoms with Gasteiger partial charge in [0.05, 0.1) is 6.10 Å². The van der Waals surface area contributed by atoms with Gasteiger partial charge in [-0.2, -0.15) is 0 Å². The van der Waals surface area contributed by atoms with Gasteiger partial charge in [-0.05, 0) is 42.5 Å². The minimum Gasteiger partial charge on any atom is -0.504 e. The Morgan fingerprint density at radius 3 is 2.88 bits per heavy atom. The molecule has 184 valence electrons. The third-order valence-corrected chi connectivity index (χ3v) is 7.29. The molecule has 4 rings (SSSR count). The summed E-state index contributed by atoms with van der Waals surface area (Å²) >= 11 is 0. The number of aliphatic hydroxyl groups excluding tert-OH is 1. The minimum atomic E-state index is -0.533. The van der Waals surface area contributed by atoms with E-state index in [2.05, 4.69) is 4.99 Å². The number of aromatic hydroxyl groups is 1. The summed E-state index contributed by atoms with van der Waals surface area (Å²) in [7, 11) is 0. The van der Waals surface area contributed by atoms with Gasteiger partial charge in [-0.3, -0.25) is 14.7 Å². The molecule has 0 amide bonds. The number of quaternary nitrogens is 1. The van der Waals surface area contributed by atoms with Crippen LogP contribution in [-0.4, -0.2) is 41.6 Å². The summed E-state index contributed by atoms with van der Waals surface area (Å²) in [5.41, 5.74) is 3.16. The number of aryl methyl sites for hydroxylation is 1. The first-order valence-electron chi connectivity index (χ1n) is 13.0. The molecule has 1 aromatic rings. The Balaban J connectivity index is 1.14. The molecule has 2 atom stereocenters. The van der Waals surface area contributed by atoms with E-state index in [-0.39, 0.29) is 18.0 Å². The number of rotatable bonds is 13. The number of benzene rings is 1. The highest BCUT2D eigenvalue weighted by molar-refractivity contribution is 5.80. The van der Waals surface area contributed by atoms with Crippen LogP contribution < -0.4 is 9.64 Å². The van der Waals surface area contributed by atoms with Gasteiger partial charge in [0.2, 0.25) is 6.73 Å². The fourth-order valence-corrected chi connectivity index (χ4v) is 5.28. The van der Waals surface area contributed by atoms with Crippen LogP contribution in [0.15, 0.2) is 46.7 Å². The van der Waals surface area contributed by atoms with Crippen molar-refractivity contribution < 1.29 is 24.6 Å². The number of hydrogen-bond acceptors (Lipinski definition) is 5. The highest BCUT2D eigenvalue weighted by Gasteiger charge is 2.25. The van der Waals surface area contributed by atoms with Gasteiger partial charge in [0.15, 0.2) is 11.5 Å². The highest BCUT2D eigenvalue weighted by Crippen LogP contribution is 2.29. The van der Waals surface area contributed by atoms with E-state index in [1.807, 2.05) is 30.6 Å². The first-order chi connectivity index (χ1) is 16.6. The van der Waals surface area contributed by atoms with Gasteiger partial charge in [-0.1, -0.05) is 57.4 Å². The summed E-state index contributed by atoms with van der Waals surface area (Å²) in [6.45, 7) is 1.23. The summed E-state index contributed by atoms with van der Waals surface area (Å²) in [5.74, 6) is 1.50. The number of aliphatic hydroxyl groups is 1. The van der Waals surface area contributed by atoms with E-state index in [0.717, 1.165) is 41.5 Å². The van der Waals surface area contributed by atoms with Crippen molar-refractivity contribution in [2.45, 2.75) is 83.2 Å². The zero-order valence-electron chi connectivity index (χ0n) is 20.2. The van der Waals surface area contributed by atoms with Gasteiger partial charge in [-0.15, -0.1) is 0 Å². The van der Waals surface area contributed by atoms with Crippen molar-refractivity contribution >= 4 is 12.0 Å². The van der Waals surface area contributed by atoms with Crippen LogP contribution >= 0.6 is 0 Å². The van der Waals surface area contributed by atoms with Crippen LogP contribution in [0.1, 0.15) is 76.2 Å². The molecule has 2 aliphatic heterocycles. The average Bonchev–Trinajstić information content (AvgIpc) is 3.43. The number of unbranched alkanes of at least 4 members (excludes halogenated alkanes) is 1. The number of carbonyl (C=O) groups is 1. The minimum absolute atomic E-state index is 0.0869. The average molecular weight is 468 g/mol. The van der Waals surface area contributed by atoms with Crippen LogP contribution in [0.4, 0.5) is 0 Å². The molecule has 6 heteroatoms. The van der Waals surface area contributed by atoms with Crippen LogP contribution in [0.25, 0.3) is 0 Å². The third kappa shape index (κ3) is 7.28. The first kappa shape index (κ1) is 24.7. The fourth-order valence-electron chi connectivity index (χ4n) is 5.28. The number of phenolic OH excluding ortho intramolecular Hbond substituents is 1. The molecule has 2 heterocycles. The maximum Gasteiger partial charge on any atom is 0.227 e. The van der Waals surface area contributed by atoms with Crippen molar-refractivity contribution in [2.24, 2.45) is 10.9 Å². The van der Waals surface area contributed by atoms with E-state index < -0.39 is 6.10 Å². The predicted octanol–water partition coefficient (Wildman–Crippen LogP) is 3.87. The van der Waals surface area contributed by atoms with Gasteiger partial charge < -0.3 is 14.9 Å². The fraction of sp³-hybridized carbons (Fsp3) is 0.571. The van der Waals surface area contributed by atoms with Crippen LogP contribution in [0.3, 0.4) is 0 Å². The summed E-state index contributed by atoms with van der Waals surface area (Å²) < 4.78 is 5.86. The molecule has 1 fully saturated rings. The Kier molecular flexibility index (Phi) is 8.94. The molecule has 1 unspecified atom stereocenters. The molecule has 0 bridgehead atoms. The summed E-state index contributed by atoms with van der Waals surface area (Å²) in [6.07, 6.45) is 17.6. The van der Waals surface area contributed by atoms with Gasteiger partial charge in [0.25, 0.3) is 0 Å². The summed E-state index contributed by atoms with van der Waals surface area (Å²) in [4.78, 5) is 17.8. The second kappa shape index (κ2) is 12.3. The molecule has 0 radical (unpaired) electrons. The normalized spacial score (nSPS) is 20.7. The largest absolute Gasteiger partial charge is 0.504 e. The monoisotopic (exact) mass is 467 g/mol. The quantitative estimate of drug-likeness (QED) is 0.385. The van der Waals surface area contributed by atoms with Gasteiger partial charge >= 0.3 is 0 Å². The van der Waals surface area contributed by atoms with Crippen molar-refractivity contribution in [2.75, 3.05) is 13.3 Å². The van der Waals surface area contributed by atoms with E-state index in [4.69, 9.17) is 4.74 Å². The number of hydrogen-bond donors (Lipinski definition) is 3. The molecular weight excluding hydrogens is 428 g/mol. The number of Topliss-reactive ketones (excluding diaryl/α,β-unsaturated/α-hetero) is 1. The van der Waals surface area contributed by atoms with E-state index in [0.29, 0.717) is 31.7 Å². The lowest BCUT2D eigenvalue weighted by molar-refractivity contribution is -0.854. The second-order valence-electron chi connectivity index (χ2n) is 10.1. The molecular formula is C28H39N2O4+. The number of allylic oxidation sites excluding steroid dienone is 1. The van der Waals surface area contributed by atoms with Gasteiger partial charge in [0, 0.05) is 24.6 Å². The van der Waals surface area contributed by atoms with Crippen molar-refractivity contribution in [3.05, 3.63) is 47.3 Å². The Labute approximate surface area is 203 Å². The van der Waals surface area contributed by atoms with Gasteiger partial charge in [0.1, 0.15) is 24.2 Å². The van der Waals surface area contributed by atoms with Crippen LogP contribution in [0.5, 0.6) is 11.5 Å². The number of fused-ring (bicyclic) bond motifs is 1. The third-order valence-electron chi connectivity index (χ3n) is 7.29. The van der Waals surface area contributed by atoms with Crippen LogP contribution in [-0.2, 0) is 11.2 Å². The summed E-state index contributed by atoms with van der Waals surface area (Å²) in [6, 6.07) is 5.26. The first-order valence-corrected chi connectivity index (χ1v) is 13.0. The zero-order chi connectivity index (χ0) is 23.8. The lowest BCUT2D eigenvalue weighted by Gasteiger charge is -2.21. The van der Waals surface area contributed by atoms with Crippen molar-refractivity contribution in [3.8, 4) is 11.5 Å². The molecule has 3 N–H and O–H groups in total. The van der Waals surface area contributed by atoms with Crippen molar-refractivity contribution in [1.29, 1.82) is 0 Å². The van der Waals surface area contributed by atoms with Crippen LogP contribution in [0.2, 0.25) is 0 Å². The van der Waals surface area contributed by atoms with Crippen LogP contribution in [0, 0.1) is 5.92 Å². The number of aliphatic imine (C=N–C) groups is 1. The topological polar surface area (TPSA) is 83.6 Å². The number of ketones is 1. The molecule has 6 nitrogen and oxygen atoms in total. The Morgan fingerprint density at radius 1 is 1.21 bits per heavy atom. The molecule has 34 heavy (non-hydrogen) atoms. The van der Waals surface area contributed by atoms with E-state index in [9.17, 15) is 15.0 Å². The predicted molar refractivity (Wildman–Crippen MR) is 133 cm³/mol. The maximum atomic E-state index is 12.4. The molecule has 1 aliphatic carbocycles. The Bertz CT molecular complexity index is 930. The Hall–Kier alpha value is -2.44. The lowest BCUT2D eigenvalue weighted by atomic mass is 9.85. The number of ether oxygens (including phenoxy) is 1. The number of nitrogens with zero attached hydrogens (tertiary/aromatic N) is 1.